The monoisotopic (exact) mass is 586 g/mol. The summed E-state index contributed by atoms with van der Waals surface area (Å²) < 4.78 is 61.0. The van der Waals surface area contributed by atoms with Crippen LogP contribution in [0.1, 0.15) is 23.6 Å². The topological polar surface area (TPSA) is 119 Å². The van der Waals surface area contributed by atoms with E-state index in [9.17, 15) is 18.7 Å². The molecule has 1 saturated heterocycles. The maximum Gasteiger partial charge on any atom is 0.506 e. The molecule has 0 saturated carbocycles. The van der Waals surface area contributed by atoms with Crippen LogP contribution in [0, 0.1) is 28.8 Å². The molecule has 0 bridgehead atoms. The lowest BCUT2D eigenvalue weighted by atomic mass is 9.89. The Kier molecular flexibility index (Phi) is 9.82. The zero-order chi connectivity index (χ0) is 29.4. The van der Waals surface area contributed by atoms with Gasteiger partial charge in [0.2, 0.25) is 0 Å². The number of benzene rings is 2. The van der Waals surface area contributed by atoms with Gasteiger partial charge in [-0.15, -0.1) is 11.8 Å². The standard InChI is InChI=1S/C28H25F3N4O5S/c1-18(28(40-27(36)37,15-35-17-33-16-34-35)23-9-8-21(29)11-25(23)31)41-22-13-38-26(39-14-22)5-3-2-4-20-7-6-19(12-32)10-24(20)30/h2-11,16-18,22,26H,13-15H2,1H3,(H,36,37)/t18-,22-,26-,28-/m1/s1. The first-order valence-corrected chi connectivity index (χ1v) is 13.3. The Labute approximate surface area is 237 Å². The minimum Gasteiger partial charge on any atom is -0.450 e. The van der Waals surface area contributed by atoms with Crippen LogP contribution in [0.3, 0.4) is 0 Å². The number of rotatable bonds is 10. The molecule has 2 heterocycles. The molecule has 1 fully saturated rings. The van der Waals surface area contributed by atoms with E-state index in [4.69, 9.17) is 19.5 Å². The molecular formula is C28H25F3N4O5S. The van der Waals surface area contributed by atoms with Gasteiger partial charge in [-0.1, -0.05) is 24.3 Å². The second-order valence-corrected chi connectivity index (χ2v) is 10.6. The van der Waals surface area contributed by atoms with E-state index in [-0.39, 0.29) is 36.1 Å². The molecule has 41 heavy (non-hydrogen) atoms. The summed E-state index contributed by atoms with van der Waals surface area (Å²) in [5.41, 5.74) is -1.40. The van der Waals surface area contributed by atoms with Gasteiger partial charge in [-0.3, -0.25) is 0 Å². The second-order valence-electron chi connectivity index (χ2n) is 9.00. The van der Waals surface area contributed by atoms with E-state index in [1.165, 1.54) is 41.2 Å². The van der Waals surface area contributed by atoms with E-state index in [1.54, 1.807) is 31.2 Å². The van der Waals surface area contributed by atoms with Crippen LogP contribution in [-0.2, 0) is 26.4 Å². The molecule has 2 atom stereocenters. The molecule has 4 rings (SSSR count). The van der Waals surface area contributed by atoms with Crippen LogP contribution in [0.15, 0.2) is 67.3 Å². The van der Waals surface area contributed by atoms with Gasteiger partial charge in [-0.05, 0) is 37.3 Å². The summed E-state index contributed by atoms with van der Waals surface area (Å²) in [7, 11) is 0. The number of aromatic nitrogens is 3. The molecule has 214 valence electrons. The molecule has 0 radical (unpaired) electrons. The van der Waals surface area contributed by atoms with Crippen LogP contribution in [-0.4, -0.2) is 56.0 Å². The molecule has 1 N–H and O–H groups in total. The molecule has 0 amide bonds. The Morgan fingerprint density at radius 1 is 1.24 bits per heavy atom. The molecular weight excluding hydrogens is 561 g/mol. The molecule has 1 aliphatic rings. The molecule has 0 aliphatic carbocycles. The maximum atomic E-state index is 15.1. The number of nitrogens with zero attached hydrogens (tertiary/aromatic N) is 4. The highest BCUT2D eigenvalue weighted by molar-refractivity contribution is 8.00. The number of thioether (sulfide) groups is 1. The van der Waals surface area contributed by atoms with Gasteiger partial charge in [-0.2, -0.15) is 10.4 Å². The highest BCUT2D eigenvalue weighted by Crippen LogP contribution is 2.41. The summed E-state index contributed by atoms with van der Waals surface area (Å²) >= 11 is 1.27. The zero-order valence-corrected chi connectivity index (χ0v) is 22.5. The fourth-order valence-electron chi connectivity index (χ4n) is 4.28. The van der Waals surface area contributed by atoms with E-state index in [1.807, 2.05) is 6.07 Å². The molecule has 3 aromatic rings. The summed E-state index contributed by atoms with van der Waals surface area (Å²) in [5.74, 6) is -2.30. The van der Waals surface area contributed by atoms with Crippen molar-refractivity contribution in [1.82, 2.24) is 14.8 Å². The number of carboxylic acid groups (broad SMARTS) is 1. The molecule has 13 heteroatoms. The average molecular weight is 587 g/mol. The normalized spacial score (nSPS) is 19.6. The summed E-state index contributed by atoms with van der Waals surface area (Å²) in [6.45, 7) is 1.89. The van der Waals surface area contributed by atoms with Crippen molar-refractivity contribution in [2.24, 2.45) is 0 Å². The van der Waals surface area contributed by atoms with Crippen molar-refractivity contribution in [3.63, 3.8) is 0 Å². The fraction of sp³-hybridized carbons (Fsp3) is 0.286. The molecule has 2 aromatic carbocycles. The van der Waals surface area contributed by atoms with Gasteiger partial charge in [0.25, 0.3) is 0 Å². The van der Waals surface area contributed by atoms with Gasteiger partial charge in [0.05, 0.1) is 36.6 Å². The first-order valence-electron chi connectivity index (χ1n) is 12.3. The van der Waals surface area contributed by atoms with Crippen LogP contribution in [0.5, 0.6) is 0 Å². The van der Waals surface area contributed by atoms with Gasteiger partial charge in [0, 0.05) is 22.4 Å². The summed E-state index contributed by atoms with van der Waals surface area (Å²) in [6.07, 6.45) is 6.70. The smallest absolute Gasteiger partial charge is 0.450 e. The van der Waals surface area contributed by atoms with Crippen molar-refractivity contribution < 1.29 is 37.3 Å². The average Bonchev–Trinajstić information content (AvgIpc) is 3.45. The van der Waals surface area contributed by atoms with Gasteiger partial charge < -0.3 is 19.3 Å². The fourth-order valence-corrected chi connectivity index (χ4v) is 5.64. The lowest BCUT2D eigenvalue weighted by molar-refractivity contribution is -0.146. The van der Waals surface area contributed by atoms with Gasteiger partial charge in [0.15, 0.2) is 11.9 Å². The summed E-state index contributed by atoms with van der Waals surface area (Å²) in [5, 5.41) is 21.5. The Balaban J connectivity index is 1.44. The highest BCUT2D eigenvalue weighted by atomic mass is 32.2. The molecule has 9 nitrogen and oxygen atoms in total. The van der Waals surface area contributed by atoms with E-state index in [0.29, 0.717) is 11.6 Å². The SMILES string of the molecule is C[C@@H](S[C@H]1CO[C@H](C=CC=Cc2ccc(C#N)cc2F)OC1)[C@@](Cn1cncn1)(OC(=O)O)c1ccc(F)cc1F. The lowest BCUT2D eigenvalue weighted by Gasteiger charge is -2.39. The first-order chi connectivity index (χ1) is 19.7. The van der Waals surface area contributed by atoms with E-state index in [2.05, 4.69) is 10.1 Å². The van der Waals surface area contributed by atoms with Crippen molar-refractivity contribution >= 4 is 24.0 Å². The Bertz CT molecular complexity index is 1460. The number of halogens is 3. The third-order valence-electron chi connectivity index (χ3n) is 6.25. The first kappa shape index (κ1) is 29.9. The van der Waals surface area contributed by atoms with Crippen LogP contribution in [0.25, 0.3) is 6.08 Å². The largest absolute Gasteiger partial charge is 0.506 e. The molecule has 0 spiro atoms. The third-order valence-corrected chi connectivity index (χ3v) is 7.70. The predicted molar refractivity (Wildman–Crippen MR) is 143 cm³/mol. The maximum absolute atomic E-state index is 15.1. The Morgan fingerprint density at radius 3 is 2.66 bits per heavy atom. The number of allylic oxidation sites excluding steroid dienone is 2. The van der Waals surface area contributed by atoms with E-state index in [0.717, 1.165) is 18.2 Å². The van der Waals surface area contributed by atoms with E-state index < -0.39 is 40.7 Å². The van der Waals surface area contributed by atoms with Crippen molar-refractivity contribution in [2.45, 2.75) is 35.9 Å². The third kappa shape index (κ3) is 7.55. The Morgan fingerprint density at radius 2 is 2.02 bits per heavy atom. The highest BCUT2D eigenvalue weighted by Gasteiger charge is 2.47. The molecule has 0 unspecified atom stereocenters. The molecule has 1 aliphatic heterocycles. The van der Waals surface area contributed by atoms with Crippen LogP contribution in [0.2, 0.25) is 0 Å². The van der Waals surface area contributed by atoms with Crippen LogP contribution in [0.4, 0.5) is 18.0 Å². The lowest BCUT2D eigenvalue weighted by Crippen LogP contribution is -2.47. The van der Waals surface area contributed by atoms with Crippen LogP contribution >= 0.6 is 11.8 Å². The molecule has 1 aromatic heterocycles. The number of hydrogen-bond donors (Lipinski definition) is 1. The summed E-state index contributed by atoms with van der Waals surface area (Å²) in [6, 6.07) is 8.92. The van der Waals surface area contributed by atoms with Crippen molar-refractivity contribution in [3.8, 4) is 6.07 Å². The minimum absolute atomic E-state index is 0.152. The Hall–Kier alpha value is -4.12. The van der Waals surface area contributed by atoms with Crippen molar-refractivity contribution in [2.75, 3.05) is 13.2 Å². The minimum atomic E-state index is -1.80. The predicted octanol–water partition coefficient (Wildman–Crippen LogP) is 5.29. The van der Waals surface area contributed by atoms with E-state index >= 15 is 4.39 Å². The van der Waals surface area contributed by atoms with Crippen molar-refractivity contribution in [1.29, 1.82) is 5.26 Å². The second kappa shape index (κ2) is 13.5. The number of nitriles is 1. The zero-order valence-electron chi connectivity index (χ0n) is 21.7. The van der Waals surface area contributed by atoms with Gasteiger partial charge in [0.1, 0.15) is 30.1 Å². The quantitative estimate of drug-likeness (QED) is 0.250. The van der Waals surface area contributed by atoms with Crippen LogP contribution < -0.4 is 0 Å². The van der Waals surface area contributed by atoms with Gasteiger partial charge >= 0.3 is 6.16 Å². The number of hydrogen-bond acceptors (Lipinski definition) is 8. The summed E-state index contributed by atoms with van der Waals surface area (Å²) in [4.78, 5) is 15.7. The van der Waals surface area contributed by atoms with Gasteiger partial charge in [-0.25, -0.2) is 27.6 Å². The van der Waals surface area contributed by atoms with Crippen molar-refractivity contribution in [3.05, 3.63) is 101 Å². The number of ether oxygens (including phenoxy) is 3. The number of carbonyl (C=O) groups is 1.